The second-order valence-electron chi connectivity index (χ2n) is 15.2. The van der Waals surface area contributed by atoms with Crippen molar-refractivity contribution in [2.24, 2.45) is 5.73 Å². The first-order valence-corrected chi connectivity index (χ1v) is 19.9. The van der Waals surface area contributed by atoms with E-state index in [1.807, 2.05) is 64.1 Å². The quantitative estimate of drug-likeness (QED) is 0.0941. The van der Waals surface area contributed by atoms with Crippen LogP contribution in [-0.2, 0) is 22.4 Å². The number of rotatable bonds is 11. The summed E-state index contributed by atoms with van der Waals surface area (Å²) in [4.78, 5) is 28.1. The SMILES string of the molecule is [C-]#[N+]c1cc(-c2nc(-c3cccc4c3CC[C@@H]4N)no2)ccc1OC(C)C.[C-]#[N+]c1cc(-c2nc(-c3cccc4c3CC[C@@H]4N[C@@H](C)C(=O)OC)no2)ccc1OC(C)C. The third kappa shape index (κ3) is 8.76. The Bertz CT molecular complexity index is 2600. The van der Waals surface area contributed by atoms with Crippen molar-refractivity contribution in [2.45, 2.75) is 90.6 Å². The summed E-state index contributed by atoms with van der Waals surface area (Å²) >= 11 is 0. The largest absolute Gasteiger partial charge is 0.502 e. The molecule has 0 saturated heterocycles. The number of ether oxygens (including phenoxy) is 3. The molecular weight excluding hydrogens is 761 g/mol. The molecule has 2 aromatic heterocycles. The Kier molecular flexibility index (Phi) is 12.4. The monoisotopic (exact) mass is 806 g/mol. The van der Waals surface area contributed by atoms with Crippen molar-refractivity contribution in [2.75, 3.05) is 7.11 Å². The maximum atomic E-state index is 11.8. The summed E-state index contributed by atoms with van der Waals surface area (Å²) in [7, 11) is 1.39. The molecular formula is C46H46N8O6. The lowest BCUT2D eigenvalue weighted by Gasteiger charge is -2.18. The molecule has 6 aromatic rings. The standard InChI is InChI=1S/C25H26N4O4.C21H20N4O2/c1-14(2)32-22-12-9-16(13-21(22)26-4)24-28-23(29-33-24)19-8-6-7-18-17(19)10-11-20(18)27-15(3)25(30)31-5;1-12(2)26-19-10-7-13(11-18(19)23-3)21-24-20(25-27-21)16-6-4-5-15-14(16)8-9-17(15)22/h6-9,12-15,20,27H,10-11H2,1-3,5H3;4-7,10-12,17H,8-9,22H2,1-2H3/t15-,20-;17-/m00/s1. The number of carbonyl (C=O) groups excluding carboxylic acids is 1. The number of fused-ring (bicyclic) bond motifs is 2. The molecule has 4 aromatic carbocycles. The molecule has 3 N–H and O–H groups in total. The lowest BCUT2D eigenvalue weighted by Crippen LogP contribution is -2.36. The summed E-state index contributed by atoms with van der Waals surface area (Å²) in [5.74, 6) is 2.56. The van der Waals surface area contributed by atoms with Gasteiger partial charge in [-0.25, -0.2) is 9.69 Å². The first kappa shape index (κ1) is 41.3. The molecule has 8 rings (SSSR count). The first-order valence-electron chi connectivity index (χ1n) is 19.9. The molecule has 0 bridgehead atoms. The lowest BCUT2D eigenvalue weighted by atomic mass is 10.0. The van der Waals surface area contributed by atoms with Gasteiger partial charge in [-0.2, -0.15) is 9.97 Å². The van der Waals surface area contributed by atoms with Crippen LogP contribution < -0.4 is 20.5 Å². The zero-order chi connectivity index (χ0) is 42.5. The second-order valence-corrected chi connectivity index (χ2v) is 15.2. The summed E-state index contributed by atoms with van der Waals surface area (Å²) < 4.78 is 27.2. The number of nitrogens with one attached hydrogen (secondary N) is 1. The minimum Gasteiger partial charge on any atom is -0.502 e. The van der Waals surface area contributed by atoms with Crippen LogP contribution in [0.4, 0.5) is 11.4 Å². The van der Waals surface area contributed by atoms with Crippen LogP contribution in [0.1, 0.15) is 81.8 Å². The van der Waals surface area contributed by atoms with Gasteiger partial charge in [0, 0.05) is 34.3 Å². The van der Waals surface area contributed by atoms with Crippen LogP contribution in [0.3, 0.4) is 0 Å². The first-order chi connectivity index (χ1) is 29.0. The van der Waals surface area contributed by atoms with Crippen molar-refractivity contribution < 1.29 is 28.1 Å². The number of hydrogen-bond donors (Lipinski definition) is 2. The highest BCUT2D eigenvalue weighted by atomic mass is 16.5. The van der Waals surface area contributed by atoms with E-state index < -0.39 is 6.04 Å². The van der Waals surface area contributed by atoms with Crippen LogP contribution in [0, 0.1) is 13.1 Å². The number of carbonyl (C=O) groups is 1. The van der Waals surface area contributed by atoms with E-state index in [1.165, 1.54) is 12.7 Å². The molecule has 0 spiro atoms. The summed E-state index contributed by atoms with van der Waals surface area (Å²) in [5, 5.41) is 11.7. The molecule has 2 aliphatic carbocycles. The Labute approximate surface area is 348 Å². The van der Waals surface area contributed by atoms with Gasteiger partial charge in [-0.15, -0.1) is 0 Å². The highest BCUT2D eigenvalue weighted by Crippen LogP contribution is 2.40. The third-order valence-corrected chi connectivity index (χ3v) is 10.3. The third-order valence-electron chi connectivity index (χ3n) is 10.3. The number of aromatic nitrogens is 4. The van der Waals surface area contributed by atoms with Crippen LogP contribution in [0.5, 0.6) is 11.5 Å². The number of esters is 1. The van der Waals surface area contributed by atoms with Gasteiger partial charge in [0.05, 0.1) is 32.5 Å². The van der Waals surface area contributed by atoms with E-state index in [1.54, 1.807) is 31.2 Å². The fraction of sp³-hybridized carbons (Fsp3) is 0.326. The van der Waals surface area contributed by atoms with Crippen LogP contribution in [0.15, 0.2) is 81.8 Å². The highest BCUT2D eigenvalue weighted by molar-refractivity contribution is 5.75. The van der Waals surface area contributed by atoms with Crippen LogP contribution in [-0.4, -0.2) is 51.6 Å². The molecule has 14 heteroatoms. The maximum absolute atomic E-state index is 11.8. The van der Waals surface area contributed by atoms with Crippen molar-refractivity contribution >= 4 is 17.3 Å². The number of nitrogens with two attached hydrogens (primary N) is 1. The average Bonchev–Trinajstić information content (AvgIpc) is 4.08. The zero-order valence-corrected chi connectivity index (χ0v) is 34.4. The smallest absolute Gasteiger partial charge is 0.322 e. The molecule has 0 saturated carbocycles. The number of nitrogens with zero attached hydrogens (tertiary/aromatic N) is 6. The number of methoxy groups -OCH3 is 1. The van der Waals surface area contributed by atoms with E-state index in [9.17, 15) is 4.79 Å². The summed E-state index contributed by atoms with van der Waals surface area (Å²) in [6.45, 7) is 24.3. The van der Waals surface area contributed by atoms with Crippen LogP contribution in [0.25, 0.3) is 55.4 Å². The predicted octanol–water partition coefficient (Wildman–Crippen LogP) is 9.57. The van der Waals surface area contributed by atoms with E-state index in [0.717, 1.165) is 53.5 Å². The van der Waals surface area contributed by atoms with E-state index >= 15 is 0 Å². The molecule has 0 radical (unpaired) electrons. The Morgan fingerprint density at radius 3 is 1.75 bits per heavy atom. The van der Waals surface area contributed by atoms with E-state index in [0.29, 0.717) is 57.4 Å². The molecule has 3 atom stereocenters. The Hall–Kier alpha value is -6.87. The molecule has 0 fully saturated rings. The molecule has 306 valence electrons. The minimum absolute atomic E-state index is 0.00194. The van der Waals surface area contributed by atoms with Gasteiger partial charge in [0.15, 0.2) is 0 Å². The summed E-state index contributed by atoms with van der Waals surface area (Å²) in [6.07, 6.45) is 3.52. The van der Waals surface area contributed by atoms with Gasteiger partial charge in [-0.05, 0) is 119 Å². The topological polar surface area (TPSA) is 169 Å². The van der Waals surface area contributed by atoms with Crippen LogP contribution in [0.2, 0.25) is 0 Å². The highest BCUT2D eigenvalue weighted by Gasteiger charge is 2.29. The molecule has 0 aliphatic heterocycles. The average molecular weight is 807 g/mol. The second kappa shape index (κ2) is 18.0. The van der Waals surface area contributed by atoms with Gasteiger partial charge in [0.25, 0.3) is 11.8 Å². The molecule has 14 nitrogen and oxygen atoms in total. The van der Waals surface area contributed by atoms with Crippen molar-refractivity contribution in [1.29, 1.82) is 0 Å². The summed E-state index contributed by atoms with van der Waals surface area (Å²) in [5.41, 5.74) is 14.8. The Morgan fingerprint density at radius 2 is 1.25 bits per heavy atom. The summed E-state index contributed by atoms with van der Waals surface area (Å²) in [6, 6.07) is 22.3. The van der Waals surface area contributed by atoms with E-state index in [2.05, 4.69) is 47.4 Å². The Balaban J connectivity index is 0.000000185. The van der Waals surface area contributed by atoms with E-state index in [-0.39, 0.29) is 30.3 Å². The minimum atomic E-state index is -0.398. The zero-order valence-electron chi connectivity index (χ0n) is 34.4. The Morgan fingerprint density at radius 1 is 0.750 bits per heavy atom. The molecule has 2 aliphatic rings. The van der Waals surface area contributed by atoms with Gasteiger partial charge in [0.2, 0.25) is 23.0 Å². The van der Waals surface area contributed by atoms with Crippen molar-refractivity contribution in [1.82, 2.24) is 25.6 Å². The van der Waals surface area contributed by atoms with Crippen molar-refractivity contribution in [3.05, 3.63) is 118 Å². The van der Waals surface area contributed by atoms with Gasteiger partial charge in [-0.1, -0.05) is 46.7 Å². The number of hydrogen-bond acceptors (Lipinski definition) is 12. The fourth-order valence-corrected chi connectivity index (χ4v) is 7.56. The normalized spacial score (nSPS) is 15.7. The van der Waals surface area contributed by atoms with Crippen molar-refractivity contribution in [3.8, 4) is 57.2 Å². The number of benzene rings is 4. The maximum Gasteiger partial charge on any atom is 0.322 e. The lowest BCUT2D eigenvalue weighted by molar-refractivity contribution is -0.142. The molecule has 0 unspecified atom stereocenters. The van der Waals surface area contributed by atoms with Crippen molar-refractivity contribution in [3.63, 3.8) is 0 Å². The predicted molar refractivity (Wildman–Crippen MR) is 225 cm³/mol. The fourth-order valence-electron chi connectivity index (χ4n) is 7.56. The van der Waals surface area contributed by atoms with Gasteiger partial charge in [0.1, 0.15) is 17.5 Å². The molecule has 60 heavy (non-hydrogen) atoms. The van der Waals surface area contributed by atoms with E-state index in [4.69, 9.17) is 42.1 Å². The van der Waals surface area contributed by atoms with Gasteiger partial charge in [-0.3, -0.25) is 10.1 Å². The van der Waals surface area contributed by atoms with Gasteiger partial charge >= 0.3 is 5.97 Å². The van der Waals surface area contributed by atoms with Crippen LogP contribution >= 0.6 is 0 Å². The molecule has 2 heterocycles. The van der Waals surface area contributed by atoms with Gasteiger partial charge < -0.3 is 29.0 Å². The molecule has 0 amide bonds.